The van der Waals surface area contributed by atoms with Crippen molar-refractivity contribution in [2.75, 3.05) is 33.9 Å². The van der Waals surface area contributed by atoms with Crippen molar-refractivity contribution >= 4 is 17.2 Å². The van der Waals surface area contributed by atoms with E-state index in [1.165, 1.54) is 10.4 Å². The van der Waals surface area contributed by atoms with Crippen LogP contribution < -0.4 is 9.47 Å². The van der Waals surface area contributed by atoms with Crippen molar-refractivity contribution < 1.29 is 14.3 Å². The molecule has 0 bridgehead atoms. The van der Waals surface area contributed by atoms with E-state index in [-0.39, 0.29) is 5.91 Å². The van der Waals surface area contributed by atoms with Crippen molar-refractivity contribution in [1.82, 2.24) is 9.80 Å². The van der Waals surface area contributed by atoms with Gasteiger partial charge in [-0.2, -0.15) is 0 Å². The molecule has 0 unspecified atom stereocenters. The molecule has 1 fully saturated rings. The molecule has 25 heavy (non-hydrogen) atoms. The first-order chi connectivity index (χ1) is 12.2. The normalized spacial score (nSPS) is 17.8. The lowest BCUT2D eigenvalue weighted by atomic mass is 10.0. The summed E-state index contributed by atoms with van der Waals surface area (Å²) in [7, 11) is 3.18. The van der Waals surface area contributed by atoms with E-state index in [1.54, 1.807) is 32.4 Å². The summed E-state index contributed by atoms with van der Waals surface area (Å²) in [6.45, 7) is 3.67. The first kappa shape index (κ1) is 16.4. The van der Waals surface area contributed by atoms with Gasteiger partial charge in [-0.15, -0.1) is 11.3 Å². The van der Waals surface area contributed by atoms with Crippen molar-refractivity contribution in [3.05, 3.63) is 45.6 Å². The van der Waals surface area contributed by atoms with E-state index in [9.17, 15) is 4.79 Å². The molecular weight excluding hydrogens is 336 g/mol. The zero-order chi connectivity index (χ0) is 17.4. The van der Waals surface area contributed by atoms with Gasteiger partial charge < -0.3 is 14.4 Å². The average molecular weight is 358 g/mol. The Labute approximate surface area is 151 Å². The lowest BCUT2D eigenvalue weighted by Crippen LogP contribution is -2.61. The van der Waals surface area contributed by atoms with Gasteiger partial charge in [0.25, 0.3) is 5.91 Å². The van der Waals surface area contributed by atoms with Crippen LogP contribution in [0.15, 0.2) is 29.6 Å². The maximum atomic E-state index is 12.8. The zero-order valence-corrected chi connectivity index (χ0v) is 15.3. The predicted molar refractivity (Wildman–Crippen MR) is 97.7 cm³/mol. The number of ether oxygens (including phenoxy) is 2. The Morgan fingerprint density at radius 3 is 2.80 bits per heavy atom. The van der Waals surface area contributed by atoms with E-state index in [0.29, 0.717) is 23.1 Å². The summed E-state index contributed by atoms with van der Waals surface area (Å²) in [5.41, 5.74) is 2.05. The van der Waals surface area contributed by atoms with Gasteiger partial charge in [0, 0.05) is 43.2 Å². The summed E-state index contributed by atoms with van der Waals surface area (Å²) in [5, 5.41) is 2.18. The highest BCUT2D eigenvalue weighted by atomic mass is 32.1. The molecule has 0 radical (unpaired) electrons. The zero-order valence-electron chi connectivity index (χ0n) is 14.5. The van der Waals surface area contributed by atoms with Crippen LogP contribution in [0.3, 0.4) is 0 Å². The summed E-state index contributed by atoms with van der Waals surface area (Å²) in [5.74, 6) is 1.28. The molecule has 2 aliphatic heterocycles. The first-order valence-electron chi connectivity index (χ1n) is 8.50. The van der Waals surface area contributed by atoms with E-state index in [1.807, 2.05) is 16.2 Å². The van der Waals surface area contributed by atoms with Crippen LogP contribution in [0.5, 0.6) is 11.5 Å². The topological polar surface area (TPSA) is 42.0 Å². The molecule has 1 aromatic heterocycles. The summed E-state index contributed by atoms with van der Waals surface area (Å²) < 4.78 is 10.6. The van der Waals surface area contributed by atoms with Crippen LogP contribution in [-0.4, -0.2) is 55.6 Å². The number of thiophene rings is 1. The lowest BCUT2D eigenvalue weighted by Gasteiger charge is -2.46. The van der Waals surface area contributed by atoms with E-state index in [0.717, 1.165) is 32.6 Å². The second-order valence-electron chi connectivity index (χ2n) is 6.52. The number of methoxy groups -OCH3 is 2. The summed E-state index contributed by atoms with van der Waals surface area (Å²) in [6, 6.07) is 8.03. The van der Waals surface area contributed by atoms with Gasteiger partial charge in [0.05, 0.1) is 19.8 Å². The molecule has 1 amide bonds. The van der Waals surface area contributed by atoms with Crippen LogP contribution in [0.4, 0.5) is 0 Å². The molecule has 0 spiro atoms. The highest BCUT2D eigenvalue weighted by Crippen LogP contribution is 2.30. The molecule has 2 aromatic rings. The number of benzene rings is 1. The van der Waals surface area contributed by atoms with E-state index in [4.69, 9.17) is 9.47 Å². The van der Waals surface area contributed by atoms with Gasteiger partial charge in [-0.1, -0.05) is 0 Å². The second-order valence-corrected chi connectivity index (χ2v) is 7.52. The standard InChI is InChI=1S/C19H22N2O3S/c1-23-15-3-4-16(17(9-15)24-2)19(22)21-11-14(12-21)20-7-5-18-13(10-20)6-8-25-18/h3-4,6,8-9,14H,5,7,10-12H2,1-2H3. The Bertz CT molecular complexity index is 783. The summed E-state index contributed by atoms with van der Waals surface area (Å²) in [4.78, 5) is 18.7. The molecule has 0 aliphatic carbocycles. The second kappa shape index (κ2) is 6.69. The molecule has 1 saturated heterocycles. The quantitative estimate of drug-likeness (QED) is 0.843. The van der Waals surface area contributed by atoms with Crippen LogP contribution in [-0.2, 0) is 13.0 Å². The van der Waals surface area contributed by atoms with Crippen molar-refractivity contribution in [2.45, 2.75) is 19.0 Å². The van der Waals surface area contributed by atoms with Gasteiger partial charge in [0.2, 0.25) is 0 Å². The smallest absolute Gasteiger partial charge is 0.257 e. The van der Waals surface area contributed by atoms with Crippen molar-refractivity contribution in [3.63, 3.8) is 0 Å². The Kier molecular flexibility index (Phi) is 4.39. The van der Waals surface area contributed by atoms with Crippen LogP contribution in [0, 0.1) is 0 Å². The molecule has 0 N–H and O–H groups in total. The third kappa shape index (κ3) is 3.00. The van der Waals surface area contributed by atoms with E-state index < -0.39 is 0 Å². The predicted octanol–water partition coefficient (Wildman–Crippen LogP) is 2.65. The van der Waals surface area contributed by atoms with Gasteiger partial charge in [0.15, 0.2) is 0 Å². The fraction of sp³-hybridized carbons (Fsp3) is 0.421. The van der Waals surface area contributed by atoms with Gasteiger partial charge in [-0.05, 0) is 35.6 Å². The largest absolute Gasteiger partial charge is 0.497 e. The average Bonchev–Trinajstić information content (AvgIpc) is 3.07. The molecular formula is C19H22N2O3S. The third-order valence-electron chi connectivity index (χ3n) is 5.14. The number of carbonyl (C=O) groups is 1. The fourth-order valence-electron chi connectivity index (χ4n) is 3.58. The monoisotopic (exact) mass is 358 g/mol. The highest BCUT2D eigenvalue weighted by Gasteiger charge is 2.37. The number of nitrogens with zero attached hydrogens (tertiary/aromatic N) is 2. The molecule has 5 nitrogen and oxygen atoms in total. The number of carbonyl (C=O) groups excluding carboxylic acids is 1. The number of likely N-dealkylation sites (tertiary alicyclic amines) is 1. The van der Waals surface area contributed by atoms with E-state index >= 15 is 0 Å². The Balaban J connectivity index is 1.40. The molecule has 132 valence electrons. The van der Waals surface area contributed by atoms with Crippen LogP contribution in [0.1, 0.15) is 20.8 Å². The summed E-state index contributed by atoms with van der Waals surface area (Å²) >= 11 is 1.86. The Morgan fingerprint density at radius 2 is 2.04 bits per heavy atom. The number of fused-ring (bicyclic) bond motifs is 1. The third-order valence-corrected chi connectivity index (χ3v) is 6.17. The van der Waals surface area contributed by atoms with Crippen molar-refractivity contribution in [1.29, 1.82) is 0 Å². The molecule has 2 aliphatic rings. The minimum atomic E-state index is 0.0315. The maximum Gasteiger partial charge on any atom is 0.257 e. The molecule has 4 rings (SSSR count). The van der Waals surface area contributed by atoms with Gasteiger partial charge >= 0.3 is 0 Å². The minimum absolute atomic E-state index is 0.0315. The molecule has 3 heterocycles. The van der Waals surface area contributed by atoms with Crippen LogP contribution in [0.25, 0.3) is 0 Å². The van der Waals surface area contributed by atoms with Gasteiger partial charge in [-0.3, -0.25) is 9.69 Å². The summed E-state index contributed by atoms with van der Waals surface area (Å²) in [6.07, 6.45) is 1.13. The number of rotatable bonds is 4. The van der Waals surface area contributed by atoms with E-state index in [2.05, 4.69) is 16.3 Å². The number of hydrogen-bond acceptors (Lipinski definition) is 5. The Hall–Kier alpha value is -2.05. The molecule has 6 heteroatoms. The maximum absolute atomic E-state index is 12.8. The minimum Gasteiger partial charge on any atom is -0.497 e. The molecule has 0 saturated carbocycles. The Morgan fingerprint density at radius 1 is 1.20 bits per heavy atom. The highest BCUT2D eigenvalue weighted by molar-refractivity contribution is 7.10. The number of amides is 1. The SMILES string of the molecule is COc1ccc(C(=O)N2CC(N3CCc4sccc4C3)C2)c(OC)c1. The fourth-order valence-corrected chi connectivity index (χ4v) is 4.47. The van der Waals surface area contributed by atoms with Crippen LogP contribution >= 0.6 is 11.3 Å². The van der Waals surface area contributed by atoms with Crippen LogP contribution in [0.2, 0.25) is 0 Å². The van der Waals surface area contributed by atoms with Crippen molar-refractivity contribution in [2.24, 2.45) is 0 Å². The lowest BCUT2D eigenvalue weighted by molar-refractivity contribution is 0.0218. The molecule has 0 atom stereocenters. The molecule has 1 aromatic carbocycles. The first-order valence-corrected chi connectivity index (χ1v) is 9.38. The number of hydrogen-bond donors (Lipinski definition) is 0. The van der Waals surface area contributed by atoms with Gasteiger partial charge in [0.1, 0.15) is 11.5 Å². The van der Waals surface area contributed by atoms with Crippen molar-refractivity contribution in [3.8, 4) is 11.5 Å². The van der Waals surface area contributed by atoms with Gasteiger partial charge in [-0.25, -0.2) is 0 Å².